The third-order valence-electron chi connectivity index (χ3n) is 13.9. The molecule has 2 heteroatoms. The molecule has 10 aromatic rings. The van der Waals surface area contributed by atoms with Gasteiger partial charge in [0.2, 0.25) is 0 Å². The van der Waals surface area contributed by atoms with Gasteiger partial charge in [0.05, 0.1) is 11.4 Å². The van der Waals surface area contributed by atoms with Crippen molar-refractivity contribution in [1.29, 1.82) is 0 Å². The maximum atomic E-state index is 5.32. The van der Waals surface area contributed by atoms with Crippen LogP contribution < -0.4 is 0 Å². The summed E-state index contributed by atoms with van der Waals surface area (Å²) in [6, 6.07) is 71.0. The molecule has 0 atom stereocenters. The smallest absolute Gasteiger partial charge is 0.160 e. The van der Waals surface area contributed by atoms with Crippen LogP contribution in [-0.4, -0.2) is 9.97 Å². The monoisotopic (exact) mass is 792 g/mol. The van der Waals surface area contributed by atoms with Crippen molar-refractivity contribution in [3.8, 4) is 78.4 Å². The van der Waals surface area contributed by atoms with Crippen LogP contribution >= 0.6 is 0 Å². The minimum absolute atomic E-state index is 0.0823. The van der Waals surface area contributed by atoms with Gasteiger partial charge in [0.15, 0.2) is 5.82 Å². The molecule has 294 valence electrons. The largest absolute Gasteiger partial charge is 0.228 e. The summed E-state index contributed by atoms with van der Waals surface area (Å²) >= 11 is 0. The summed E-state index contributed by atoms with van der Waals surface area (Å²) in [5.41, 5.74) is 20.5. The molecule has 0 unspecified atom stereocenters. The highest BCUT2D eigenvalue weighted by atomic mass is 14.9. The summed E-state index contributed by atoms with van der Waals surface area (Å²) in [6.45, 7) is 9.40. The molecular weight excluding hydrogens is 749 g/mol. The van der Waals surface area contributed by atoms with Gasteiger partial charge in [0.1, 0.15) is 0 Å². The van der Waals surface area contributed by atoms with Gasteiger partial charge < -0.3 is 0 Å². The SMILES string of the molecule is CC1(C)c2ccccc2-c2c(-c3cc(-c4ccc(-c5ccc(-c6ccc7c(c6)C(C)(C)c6ccc8ccccc8c6-7)cc5)c5ccccc45)nc(-c4ccccc4)n3)cccc21. The van der Waals surface area contributed by atoms with E-state index in [1.165, 1.54) is 82.9 Å². The molecule has 2 nitrogen and oxygen atoms in total. The van der Waals surface area contributed by atoms with Crippen LogP contribution in [0, 0.1) is 0 Å². The summed E-state index contributed by atoms with van der Waals surface area (Å²) in [7, 11) is 0. The summed E-state index contributed by atoms with van der Waals surface area (Å²) in [6.07, 6.45) is 0. The molecule has 9 aromatic carbocycles. The van der Waals surface area contributed by atoms with Crippen LogP contribution in [0.5, 0.6) is 0 Å². The predicted octanol–water partition coefficient (Wildman–Crippen LogP) is 15.7. The average Bonchev–Trinajstić information content (AvgIpc) is 3.70. The zero-order chi connectivity index (χ0) is 41.7. The first-order valence-electron chi connectivity index (χ1n) is 21.7. The van der Waals surface area contributed by atoms with Gasteiger partial charge in [-0.2, -0.15) is 0 Å². The van der Waals surface area contributed by atoms with Gasteiger partial charge in [0, 0.05) is 27.5 Å². The molecule has 2 aliphatic rings. The highest BCUT2D eigenvalue weighted by molar-refractivity contribution is 6.06. The standard InChI is InChI=1S/C60H44N2/c1-59(2)50-23-13-12-21-47(50)57-49(22-14-24-51(57)59)55-36-54(61-58(62-55)40-16-6-5-7-17-40)46-33-32-42(44-19-10-11-20-45(44)46)39-27-25-37(26-28-39)41-29-31-48-53(35-41)60(3,4)52-34-30-38-15-8-9-18-43(38)56(48)52/h5-36H,1-4H3. The summed E-state index contributed by atoms with van der Waals surface area (Å²) in [5.74, 6) is 0.720. The number of rotatable bonds is 5. The molecule has 0 fully saturated rings. The number of hydrogen-bond donors (Lipinski definition) is 0. The van der Waals surface area contributed by atoms with Crippen LogP contribution in [0.15, 0.2) is 194 Å². The summed E-state index contributed by atoms with van der Waals surface area (Å²) < 4.78 is 0. The van der Waals surface area contributed by atoms with Crippen LogP contribution in [0.1, 0.15) is 49.9 Å². The predicted molar refractivity (Wildman–Crippen MR) is 259 cm³/mol. The Bertz CT molecular complexity index is 3450. The molecule has 12 rings (SSSR count). The third kappa shape index (κ3) is 5.43. The maximum absolute atomic E-state index is 5.32. The molecule has 1 heterocycles. The van der Waals surface area contributed by atoms with E-state index >= 15 is 0 Å². The molecule has 0 saturated carbocycles. The molecule has 62 heavy (non-hydrogen) atoms. The number of aromatic nitrogens is 2. The minimum Gasteiger partial charge on any atom is -0.228 e. The van der Waals surface area contributed by atoms with Gasteiger partial charge in [0.25, 0.3) is 0 Å². The van der Waals surface area contributed by atoms with Gasteiger partial charge in [-0.3, -0.25) is 0 Å². The number of nitrogens with zero attached hydrogens (tertiary/aromatic N) is 2. The van der Waals surface area contributed by atoms with Crippen molar-refractivity contribution in [3.05, 3.63) is 216 Å². The fourth-order valence-corrected chi connectivity index (χ4v) is 10.7. The Hall–Kier alpha value is -7.42. The van der Waals surface area contributed by atoms with Gasteiger partial charge in [-0.1, -0.05) is 210 Å². The van der Waals surface area contributed by atoms with E-state index in [4.69, 9.17) is 9.97 Å². The van der Waals surface area contributed by atoms with Crippen molar-refractivity contribution in [2.24, 2.45) is 0 Å². The lowest BCUT2D eigenvalue weighted by atomic mass is 9.81. The van der Waals surface area contributed by atoms with Crippen molar-refractivity contribution in [2.75, 3.05) is 0 Å². The molecule has 2 aliphatic carbocycles. The summed E-state index contributed by atoms with van der Waals surface area (Å²) in [5, 5.41) is 4.98. The Balaban J connectivity index is 0.949. The molecule has 1 aromatic heterocycles. The molecule has 0 amide bonds. The first-order chi connectivity index (χ1) is 30.3. The Kier molecular flexibility index (Phi) is 7.96. The van der Waals surface area contributed by atoms with Crippen LogP contribution in [0.3, 0.4) is 0 Å². The highest BCUT2D eigenvalue weighted by Gasteiger charge is 2.38. The fraction of sp³-hybridized carbons (Fsp3) is 0.100. The fourth-order valence-electron chi connectivity index (χ4n) is 10.7. The van der Waals surface area contributed by atoms with Gasteiger partial charge in [-0.05, 0) is 100 Å². The third-order valence-corrected chi connectivity index (χ3v) is 13.9. The van der Waals surface area contributed by atoms with Crippen LogP contribution in [0.2, 0.25) is 0 Å². The maximum Gasteiger partial charge on any atom is 0.160 e. The van der Waals surface area contributed by atoms with Gasteiger partial charge in [-0.25, -0.2) is 9.97 Å². The zero-order valence-electron chi connectivity index (χ0n) is 35.4. The quantitative estimate of drug-likeness (QED) is 0.173. The molecule has 0 saturated heterocycles. The van der Waals surface area contributed by atoms with E-state index in [2.05, 4.69) is 216 Å². The second-order valence-electron chi connectivity index (χ2n) is 18.1. The molecule has 0 radical (unpaired) electrons. The van der Waals surface area contributed by atoms with E-state index < -0.39 is 0 Å². The normalized spacial score (nSPS) is 14.1. The van der Waals surface area contributed by atoms with Crippen LogP contribution in [0.25, 0.3) is 100.0 Å². The van der Waals surface area contributed by atoms with Crippen LogP contribution in [-0.2, 0) is 10.8 Å². The Morgan fingerprint density at radius 2 is 0.855 bits per heavy atom. The number of hydrogen-bond acceptors (Lipinski definition) is 2. The molecule has 0 N–H and O–H groups in total. The molecule has 0 bridgehead atoms. The molecule has 0 spiro atoms. The van der Waals surface area contributed by atoms with Crippen molar-refractivity contribution in [3.63, 3.8) is 0 Å². The van der Waals surface area contributed by atoms with E-state index in [9.17, 15) is 0 Å². The van der Waals surface area contributed by atoms with Crippen LogP contribution in [0.4, 0.5) is 0 Å². The van der Waals surface area contributed by atoms with E-state index in [0.29, 0.717) is 0 Å². The second-order valence-corrected chi connectivity index (χ2v) is 18.1. The second kappa shape index (κ2) is 13.5. The molecular formula is C60H44N2. The first-order valence-corrected chi connectivity index (χ1v) is 21.7. The van der Waals surface area contributed by atoms with Crippen molar-refractivity contribution < 1.29 is 0 Å². The van der Waals surface area contributed by atoms with Gasteiger partial charge in [-0.15, -0.1) is 0 Å². The highest BCUT2D eigenvalue weighted by Crippen LogP contribution is 2.54. The van der Waals surface area contributed by atoms with Crippen molar-refractivity contribution in [1.82, 2.24) is 9.97 Å². The lowest BCUT2D eigenvalue weighted by Crippen LogP contribution is -2.15. The van der Waals surface area contributed by atoms with Gasteiger partial charge >= 0.3 is 0 Å². The van der Waals surface area contributed by atoms with E-state index in [0.717, 1.165) is 39.3 Å². The average molecular weight is 793 g/mol. The number of benzene rings is 9. The van der Waals surface area contributed by atoms with E-state index in [1.54, 1.807) is 0 Å². The van der Waals surface area contributed by atoms with E-state index in [-0.39, 0.29) is 10.8 Å². The Labute approximate surface area is 363 Å². The lowest BCUT2D eigenvalue weighted by Gasteiger charge is -2.22. The minimum atomic E-state index is -0.107. The van der Waals surface area contributed by atoms with E-state index in [1.807, 2.05) is 6.07 Å². The lowest BCUT2D eigenvalue weighted by molar-refractivity contribution is 0.660. The first kappa shape index (κ1) is 36.4. The Morgan fingerprint density at radius 3 is 1.66 bits per heavy atom. The molecule has 0 aliphatic heterocycles. The topological polar surface area (TPSA) is 25.8 Å². The Morgan fingerprint density at radius 1 is 0.306 bits per heavy atom. The summed E-state index contributed by atoms with van der Waals surface area (Å²) in [4.78, 5) is 10.6. The van der Waals surface area contributed by atoms with Crippen molar-refractivity contribution in [2.45, 2.75) is 38.5 Å². The number of fused-ring (bicyclic) bond motifs is 9. The van der Waals surface area contributed by atoms with Crippen molar-refractivity contribution >= 4 is 21.5 Å². The zero-order valence-corrected chi connectivity index (χ0v) is 35.4.